The number of halogens is 1. The number of aromatic nitrogens is 1. The van der Waals surface area contributed by atoms with Crippen molar-refractivity contribution >= 4 is 11.6 Å². The minimum atomic E-state index is -1.11. The van der Waals surface area contributed by atoms with Crippen molar-refractivity contribution in [2.45, 2.75) is 18.6 Å². The number of rotatable bonds is 4. The molecular formula is C9H12ClNO3. The quantitative estimate of drug-likeness (QED) is 0.687. The van der Waals surface area contributed by atoms with E-state index in [1.807, 2.05) is 0 Å². The zero-order chi connectivity index (χ0) is 10.6. The molecule has 1 aromatic rings. The van der Waals surface area contributed by atoms with Crippen LogP contribution < -0.4 is 0 Å². The maximum absolute atomic E-state index is 9.62. The van der Waals surface area contributed by atoms with Crippen LogP contribution in [0.4, 0.5) is 0 Å². The molecule has 0 saturated heterocycles. The fourth-order valence-electron chi connectivity index (χ4n) is 1.10. The van der Waals surface area contributed by atoms with Gasteiger partial charge in [-0.2, -0.15) is 0 Å². The van der Waals surface area contributed by atoms with E-state index in [1.54, 1.807) is 0 Å². The molecule has 0 aliphatic rings. The van der Waals surface area contributed by atoms with E-state index in [0.29, 0.717) is 10.6 Å². The molecule has 3 N–H and O–H groups in total. The van der Waals surface area contributed by atoms with Gasteiger partial charge in [0, 0.05) is 29.6 Å². The number of pyridine rings is 1. The van der Waals surface area contributed by atoms with E-state index in [-0.39, 0.29) is 13.0 Å². The van der Waals surface area contributed by atoms with Gasteiger partial charge in [0.2, 0.25) is 0 Å². The minimum absolute atomic E-state index is 0.104. The van der Waals surface area contributed by atoms with E-state index in [1.165, 1.54) is 18.5 Å². The van der Waals surface area contributed by atoms with Crippen LogP contribution in [-0.4, -0.2) is 33.0 Å². The number of hydrogen-bond acceptors (Lipinski definition) is 4. The molecule has 0 radical (unpaired) electrons. The lowest BCUT2D eigenvalue weighted by atomic mass is 10.0. The van der Waals surface area contributed by atoms with Gasteiger partial charge in [0.15, 0.2) is 0 Å². The molecule has 1 aromatic heterocycles. The van der Waals surface area contributed by atoms with Crippen LogP contribution in [0.1, 0.15) is 18.1 Å². The molecule has 0 bridgehead atoms. The van der Waals surface area contributed by atoms with Crippen molar-refractivity contribution in [1.29, 1.82) is 0 Å². The number of aliphatic hydroxyl groups is 3. The van der Waals surface area contributed by atoms with E-state index >= 15 is 0 Å². The SMILES string of the molecule is OCCC(O)C(O)c1cnccc1Cl. The van der Waals surface area contributed by atoms with Gasteiger partial charge in [-0.3, -0.25) is 4.98 Å². The monoisotopic (exact) mass is 217 g/mol. The smallest absolute Gasteiger partial charge is 0.108 e. The van der Waals surface area contributed by atoms with Crippen LogP contribution in [0.25, 0.3) is 0 Å². The third kappa shape index (κ3) is 2.65. The van der Waals surface area contributed by atoms with Crippen molar-refractivity contribution < 1.29 is 15.3 Å². The molecule has 0 saturated carbocycles. The standard InChI is InChI=1S/C9H12ClNO3/c10-7-1-3-11-5-6(7)9(14)8(13)2-4-12/h1,3,5,8-9,12-14H,2,4H2. The first-order chi connectivity index (χ1) is 6.66. The van der Waals surface area contributed by atoms with Gasteiger partial charge >= 0.3 is 0 Å². The van der Waals surface area contributed by atoms with Crippen molar-refractivity contribution in [3.63, 3.8) is 0 Å². The Morgan fingerprint density at radius 2 is 2.14 bits per heavy atom. The normalized spacial score (nSPS) is 15.1. The third-order valence-corrected chi connectivity index (χ3v) is 2.25. The van der Waals surface area contributed by atoms with Gasteiger partial charge in [0.25, 0.3) is 0 Å². The molecule has 5 heteroatoms. The van der Waals surface area contributed by atoms with E-state index in [2.05, 4.69) is 4.98 Å². The van der Waals surface area contributed by atoms with E-state index in [0.717, 1.165) is 0 Å². The molecular weight excluding hydrogens is 206 g/mol. The zero-order valence-corrected chi connectivity index (χ0v) is 8.22. The average Bonchev–Trinajstić information content (AvgIpc) is 2.18. The summed E-state index contributed by atoms with van der Waals surface area (Å²) in [5, 5.41) is 27.9. The molecule has 2 atom stereocenters. The Morgan fingerprint density at radius 1 is 1.43 bits per heavy atom. The molecule has 2 unspecified atom stereocenters. The molecule has 4 nitrogen and oxygen atoms in total. The van der Waals surface area contributed by atoms with Gasteiger partial charge in [0.05, 0.1) is 6.10 Å². The second kappa shape index (κ2) is 5.26. The Balaban J connectivity index is 2.78. The lowest BCUT2D eigenvalue weighted by Crippen LogP contribution is -2.19. The van der Waals surface area contributed by atoms with Crippen LogP contribution in [0.15, 0.2) is 18.5 Å². The molecule has 0 spiro atoms. The highest BCUT2D eigenvalue weighted by Gasteiger charge is 2.20. The van der Waals surface area contributed by atoms with E-state index in [4.69, 9.17) is 16.7 Å². The predicted molar refractivity (Wildman–Crippen MR) is 51.9 cm³/mol. The maximum atomic E-state index is 9.62. The summed E-state index contributed by atoms with van der Waals surface area (Å²) in [6.45, 7) is -0.184. The Labute approximate surface area is 86.8 Å². The lowest BCUT2D eigenvalue weighted by Gasteiger charge is -2.17. The van der Waals surface area contributed by atoms with Crippen molar-refractivity contribution in [2.24, 2.45) is 0 Å². The molecule has 0 aliphatic heterocycles. The second-order valence-corrected chi connectivity index (χ2v) is 3.33. The van der Waals surface area contributed by atoms with Gasteiger partial charge in [-0.25, -0.2) is 0 Å². The summed E-state index contributed by atoms with van der Waals surface area (Å²) in [5.41, 5.74) is 0.370. The fraction of sp³-hybridized carbons (Fsp3) is 0.444. The molecule has 0 aromatic carbocycles. The highest BCUT2D eigenvalue weighted by Crippen LogP contribution is 2.24. The summed E-state index contributed by atoms with van der Waals surface area (Å²) in [4.78, 5) is 3.79. The van der Waals surface area contributed by atoms with Crippen LogP contribution in [0.2, 0.25) is 5.02 Å². The predicted octanol–water partition coefficient (Wildman–Crippen LogP) is 0.512. The maximum Gasteiger partial charge on any atom is 0.108 e. The van der Waals surface area contributed by atoms with Crippen molar-refractivity contribution in [2.75, 3.05) is 6.61 Å². The zero-order valence-electron chi connectivity index (χ0n) is 7.47. The number of nitrogens with zero attached hydrogens (tertiary/aromatic N) is 1. The van der Waals surface area contributed by atoms with Gasteiger partial charge in [-0.1, -0.05) is 11.6 Å². The summed E-state index contributed by atoms with van der Waals surface area (Å²) in [5.74, 6) is 0. The molecule has 0 aliphatic carbocycles. The van der Waals surface area contributed by atoms with Crippen LogP contribution in [-0.2, 0) is 0 Å². The molecule has 0 fully saturated rings. The van der Waals surface area contributed by atoms with Gasteiger partial charge < -0.3 is 15.3 Å². The average molecular weight is 218 g/mol. The topological polar surface area (TPSA) is 73.6 Å². The second-order valence-electron chi connectivity index (χ2n) is 2.92. The Hall–Kier alpha value is -0.680. The Kier molecular flexibility index (Phi) is 4.28. The largest absolute Gasteiger partial charge is 0.396 e. The van der Waals surface area contributed by atoms with Gasteiger partial charge in [0.1, 0.15) is 6.10 Å². The van der Waals surface area contributed by atoms with Crippen LogP contribution in [0.3, 0.4) is 0 Å². The lowest BCUT2D eigenvalue weighted by molar-refractivity contribution is 0.00409. The van der Waals surface area contributed by atoms with Crippen molar-refractivity contribution in [3.8, 4) is 0 Å². The molecule has 0 amide bonds. The van der Waals surface area contributed by atoms with Crippen molar-refractivity contribution in [1.82, 2.24) is 4.98 Å². The van der Waals surface area contributed by atoms with E-state index in [9.17, 15) is 10.2 Å². The highest BCUT2D eigenvalue weighted by molar-refractivity contribution is 6.31. The summed E-state index contributed by atoms with van der Waals surface area (Å²) < 4.78 is 0. The Morgan fingerprint density at radius 3 is 2.71 bits per heavy atom. The number of aliphatic hydroxyl groups excluding tert-OH is 3. The van der Waals surface area contributed by atoms with Crippen molar-refractivity contribution in [3.05, 3.63) is 29.0 Å². The molecule has 78 valence electrons. The third-order valence-electron chi connectivity index (χ3n) is 1.90. The first-order valence-corrected chi connectivity index (χ1v) is 4.61. The summed E-state index contributed by atoms with van der Waals surface area (Å²) >= 11 is 5.79. The fourth-order valence-corrected chi connectivity index (χ4v) is 1.32. The summed E-state index contributed by atoms with van der Waals surface area (Å²) in [6.07, 6.45) is 0.863. The molecule has 1 rings (SSSR count). The minimum Gasteiger partial charge on any atom is -0.396 e. The van der Waals surface area contributed by atoms with Gasteiger partial charge in [-0.15, -0.1) is 0 Å². The van der Waals surface area contributed by atoms with Crippen LogP contribution in [0, 0.1) is 0 Å². The van der Waals surface area contributed by atoms with Crippen LogP contribution in [0.5, 0.6) is 0 Å². The first kappa shape index (κ1) is 11.4. The summed E-state index contributed by atoms with van der Waals surface area (Å²) in [7, 11) is 0. The Bertz CT molecular complexity index is 295. The molecule has 14 heavy (non-hydrogen) atoms. The first-order valence-electron chi connectivity index (χ1n) is 4.23. The number of hydrogen-bond donors (Lipinski definition) is 3. The van der Waals surface area contributed by atoms with Crippen LogP contribution >= 0.6 is 11.6 Å². The highest BCUT2D eigenvalue weighted by atomic mass is 35.5. The molecule has 1 heterocycles. The summed E-state index contributed by atoms with van der Waals surface area (Å²) in [6, 6.07) is 1.53. The van der Waals surface area contributed by atoms with E-state index < -0.39 is 12.2 Å². The van der Waals surface area contributed by atoms with Gasteiger partial charge in [-0.05, 0) is 12.5 Å².